The smallest absolute Gasteiger partial charge is 0.335 e. The highest BCUT2D eigenvalue weighted by molar-refractivity contribution is 5.73. The molecule has 0 aromatic heterocycles. The van der Waals surface area contributed by atoms with Gasteiger partial charge in [-0.1, -0.05) is 0 Å². The van der Waals surface area contributed by atoms with E-state index in [1.807, 2.05) is 0 Å². The van der Waals surface area contributed by atoms with Crippen molar-refractivity contribution in [2.75, 3.05) is 13.7 Å². The first-order valence-electron chi connectivity index (χ1n) is 7.45. The fraction of sp³-hybridized carbons (Fsp3) is 0.923. The number of rotatable bonds is 5. The maximum absolute atomic E-state index is 11.2. The van der Waals surface area contributed by atoms with E-state index in [0.717, 1.165) is 7.11 Å². The van der Waals surface area contributed by atoms with Crippen LogP contribution in [0.2, 0.25) is 0 Å². The van der Waals surface area contributed by atoms with Gasteiger partial charge in [0, 0.05) is 7.11 Å². The van der Waals surface area contributed by atoms with Crippen LogP contribution in [0.1, 0.15) is 0 Å². The minimum atomic E-state index is -1.78. The van der Waals surface area contributed by atoms with Crippen molar-refractivity contribution in [1.82, 2.24) is 0 Å². The van der Waals surface area contributed by atoms with Crippen LogP contribution in [0, 0.1) is 0 Å². The number of hydrogen-bond donors (Lipinski definition) is 7. The summed E-state index contributed by atoms with van der Waals surface area (Å²) in [5, 5.41) is 67.2. The second-order valence-corrected chi connectivity index (χ2v) is 5.82. The molecule has 25 heavy (non-hydrogen) atoms. The van der Waals surface area contributed by atoms with Crippen LogP contribution in [-0.2, 0) is 23.7 Å². The van der Waals surface area contributed by atoms with Gasteiger partial charge in [0.15, 0.2) is 18.7 Å². The van der Waals surface area contributed by atoms with Crippen LogP contribution in [0.25, 0.3) is 0 Å². The molecule has 2 aliphatic heterocycles. The Morgan fingerprint density at radius 2 is 1.56 bits per heavy atom. The standard InChI is InChI=1S/C13H22O12/c1-22-9-6(16)8(18)13(25-10(9)11(19)20)23-2-3-4(14)5(15)7(17)12(21)24-3/h3-10,12-18,21H,2H2,1H3,(H,19,20)/t3?,4-,5?,6?,7-,8-,9-,10?,12+,13+/m0/s1. The van der Waals surface area contributed by atoms with Gasteiger partial charge in [-0.05, 0) is 0 Å². The molecule has 2 aliphatic rings. The molecule has 12 heteroatoms. The SMILES string of the molecule is CO[C@@H]1C(C(=O)O)O[C@@H](OCC2O[C@@H](O)[C@@H](O)C(O)[C@H]2O)[C@@H](O)C1O. The lowest BCUT2D eigenvalue weighted by molar-refractivity contribution is -0.323. The first-order valence-corrected chi connectivity index (χ1v) is 7.45. The Balaban J connectivity index is 2.01. The maximum atomic E-state index is 11.2. The van der Waals surface area contributed by atoms with Crippen molar-refractivity contribution in [3.63, 3.8) is 0 Å². The second-order valence-electron chi connectivity index (χ2n) is 5.82. The summed E-state index contributed by atoms with van der Waals surface area (Å²) in [7, 11) is 1.14. The molecular formula is C13H22O12. The number of ether oxygens (including phenoxy) is 4. The molecule has 0 bridgehead atoms. The Morgan fingerprint density at radius 1 is 0.920 bits per heavy atom. The molecule has 2 rings (SSSR count). The van der Waals surface area contributed by atoms with Crippen molar-refractivity contribution < 1.29 is 59.5 Å². The van der Waals surface area contributed by atoms with Gasteiger partial charge in [0.25, 0.3) is 0 Å². The van der Waals surface area contributed by atoms with Gasteiger partial charge in [-0.25, -0.2) is 4.79 Å². The fourth-order valence-corrected chi connectivity index (χ4v) is 2.69. The maximum Gasteiger partial charge on any atom is 0.335 e. The van der Waals surface area contributed by atoms with Crippen LogP contribution < -0.4 is 0 Å². The molecule has 0 amide bonds. The van der Waals surface area contributed by atoms with E-state index in [1.165, 1.54) is 0 Å². The molecule has 10 atom stereocenters. The summed E-state index contributed by atoms with van der Waals surface area (Å²) in [6.45, 7) is -0.541. The first-order chi connectivity index (χ1) is 11.7. The molecule has 0 aromatic carbocycles. The summed E-state index contributed by atoms with van der Waals surface area (Å²) < 4.78 is 19.9. The van der Waals surface area contributed by atoms with Crippen molar-refractivity contribution in [1.29, 1.82) is 0 Å². The van der Waals surface area contributed by atoms with Crippen LogP contribution in [0.15, 0.2) is 0 Å². The Morgan fingerprint density at radius 3 is 2.12 bits per heavy atom. The van der Waals surface area contributed by atoms with Crippen LogP contribution >= 0.6 is 0 Å². The third kappa shape index (κ3) is 4.09. The molecule has 2 saturated heterocycles. The van der Waals surface area contributed by atoms with Crippen LogP contribution in [0.3, 0.4) is 0 Å². The molecule has 0 radical (unpaired) electrons. The number of aliphatic carboxylic acids is 1. The Bertz CT molecular complexity index is 460. The largest absolute Gasteiger partial charge is 0.479 e. The zero-order valence-corrected chi connectivity index (χ0v) is 13.2. The van der Waals surface area contributed by atoms with Crippen LogP contribution in [-0.4, -0.2) is 117 Å². The zero-order valence-electron chi connectivity index (χ0n) is 13.2. The van der Waals surface area contributed by atoms with Crippen LogP contribution in [0.5, 0.6) is 0 Å². The zero-order chi connectivity index (χ0) is 18.9. The van der Waals surface area contributed by atoms with Gasteiger partial charge in [0.05, 0.1) is 6.61 Å². The number of aliphatic hydroxyl groups excluding tert-OH is 6. The third-order valence-electron chi connectivity index (χ3n) is 4.17. The molecule has 12 nitrogen and oxygen atoms in total. The second kappa shape index (κ2) is 8.18. The molecular weight excluding hydrogens is 348 g/mol. The van der Waals surface area contributed by atoms with E-state index in [4.69, 9.17) is 24.1 Å². The van der Waals surface area contributed by atoms with E-state index in [1.54, 1.807) is 0 Å². The Hall–Kier alpha value is -0.930. The first kappa shape index (κ1) is 20.4. The fourth-order valence-electron chi connectivity index (χ4n) is 2.69. The number of carbonyl (C=O) groups is 1. The van der Waals surface area contributed by atoms with Gasteiger partial charge in [-0.3, -0.25) is 0 Å². The van der Waals surface area contributed by atoms with Crippen molar-refractivity contribution in [2.45, 2.75) is 61.4 Å². The number of carboxylic acids is 1. The normalized spacial score (nSPS) is 48.3. The summed E-state index contributed by atoms with van der Waals surface area (Å²) in [6.07, 6.45) is -16.0. The number of aliphatic hydroxyl groups is 6. The number of carboxylic acid groups (broad SMARTS) is 1. The molecule has 2 fully saturated rings. The minimum absolute atomic E-state index is 0.541. The highest BCUT2D eigenvalue weighted by Gasteiger charge is 2.49. The highest BCUT2D eigenvalue weighted by atomic mass is 16.7. The predicted molar refractivity (Wildman–Crippen MR) is 74.0 cm³/mol. The van der Waals surface area contributed by atoms with Crippen molar-refractivity contribution in [3.05, 3.63) is 0 Å². The Kier molecular flexibility index (Phi) is 6.67. The Labute approximate surface area is 141 Å². The predicted octanol–water partition coefficient (Wildman–Crippen LogP) is -4.65. The quantitative estimate of drug-likeness (QED) is 0.245. The lowest BCUT2D eigenvalue weighted by atomic mass is 9.98. The van der Waals surface area contributed by atoms with Crippen molar-refractivity contribution >= 4 is 5.97 Å². The lowest BCUT2D eigenvalue weighted by Crippen LogP contribution is -2.62. The highest BCUT2D eigenvalue weighted by Crippen LogP contribution is 2.26. The monoisotopic (exact) mass is 370 g/mol. The molecule has 146 valence electrons. The van der Waals surface area contributed by atoms with E-state index >= 15 is 0 Å². The van der Waals surface area contributed by atoms with Gasteiger partial charge < -0.3 is 54.7 Å². The van der Waals surface area contributed by atoms with E-state index in [0.29, 0.717) is 0 Å². The summed E-state index contributed by atoms with van der Waals surface area (Å²) in [5.41, 5.74) is 0. The number of hydrogen-bond acceptors (Lipinski definition) is 11. The molecule has 0 saturated carbocycles. The molecule has 2 heterocycles. The van der Waals surface area contributed by atoms with Gasteiger partial charge in [-0.15, -0.1) is 0 Å². The summed E-state index contributed by atoms with van der Waals surface area (Å²) >= 11 is 0. The molecule has 7 N–H and O–H groups in total. The molecule has 0 spiro atoms. The van der Waals surface area contributed by atoms with E-state index in [-0.39, 0.29) is 0 Å². The van der Waals surface area contributed by atoms with Crippen molar-refractivity contribution in [2.24, 2.45) is 0 Å². The van der Waals surface area contributed by atoms with Crippen molar-refractivity contribution in [3.8, 4) is 0 Å². The van der Waals surface area contributed by atoms with Gasteiger partial charge in [0.1, 0.15) is 42.7 Å². The molecule has 0 aromatic rings. The molecule has 0 aliphatic carbocycles. The van der Waals surface area contributed by atoms with E-state index in [9.17, 15) is 35.4 Å². The van der Waals surface area contributed by atoms with Gasteiger partial charge >= 0.3 is 5.97 Å². The minimum Gasteiger partial charge on any atom is -0.479 e. The summed E-state index contributed by atoms with van der Waals surface area (Å²) in [6, 6.07) is 0. The van der Waals surface area contributed by atoms with Crippen LogP contribution in [0.4, 0.5) is 0 Å². The topological polar surface area (TPSA) is 196 Å². The average molecular weight is 370 g/mol. The lowest BCUT2D eigenvalue weighted by Gasteiger charge is -2.42. The summed E-state index contributed by atoms with van der Waals surface area (Å²) in [5.74, 6) is -1.45. The van der Waals surface area contributed by atoms with E-state index < -0.39 is 74.0 Å². The van der Waals surface area contributed by atoms with E-state index in [2.05, 4.69) is 0 Å². The summed E-state index contributed by atoms with van der Waals surface area (Å²) in [4.78, 5) is 11.2. The number of methoxy groups -OCH3 is 1. The van der Waals surface area contributed by atoms with Gasteiger partial charge in [-0.2, -0.15) is 0 Å². The van der Waals surface area contributed by atoms with Gasteiger partial charge in [0.2, 0.25) is 0 Å². The average Bonchev–Trinajstić information content (AvgIpc) is 2.57. The molecule has 4 unspecified atom stereocenters. The third-order valence-corrected chi connectivity index (χ3v) is 4.17.